The summed E-state index contributed by atoms with van der Waals surface area (Å²) in [6.45, 7) is -4.44. The highest BCUT2D eigenvalue weighted by Crippen LogP contribution is 2.35. The zero-order chi connectivity index (χ0) is 102. The highest BCUT2D eigenvalue weighted by molar-refractivity contribution is 6.39. The third-order valence-corrected chi connectivity index (χ3v) is 24.9. The number of nitrogens with one attached hydrogen (secondary N) is 6. The van der Waals surface area contributed by atoms with Gasteiger partial charge in [-0.2, -0.15) is 0 Å². The van der Waals surface area contributed by atoms with E-state index in [4.69, 9.17) is 72.0 Å². The average molecular weight is 2000 g/mol. The van der Waals surface area contributed by atoms with Crippen LogP contribution in [0.2, 0.25) is 0 Å². The van der Waals surface area contributed by atoms with Gasteiger partial charge in [-0.25, -0.2) is 0 Å². The minimum Gasteiger partial charge on any atom is -0.394 e. The molecule has 38 atom stereocenters. The van der Waals surface area contributed by atoms with E-state index < -0.39 is 320 Å². The summed E-state index contributed by atoms with van der Waals surface area (Å²) < 4.78 is 78.4. The number of rotatable bonds is 62. The summed E-state index contributed by atoms with van der Waals surface area (Å²) in [4.78, 5) is 121. The number of ether oxygens (including phenoxy) is 14. The molecule has 0 aliphatic carbocycles. The molecule has 0 spiro atoms. The fraction of sp³-hybridized carbons (Fsp3) is 0.894. The molecule has 53 heteroatoms. The summed E-state index contributed by atoms with van der Waals surface area (Å²) in [7, 11) is 1.56. The van der Waals surface area contributed by atoms with E-state index in [1.807, 2.05) is 0 Å². The van der Waals surface area contributed by atoms with E-state index in [9.17, 15) is 161 Å². The number of carbonyl (C=O) groups excluding carboxylic acids is 9. The van der Waals surface area contributed by atoms with Crippen LogP contribution in [0.5, 0.6) is 0 Å². The number of ketones is 4. The second-order valence-corrected chi connectivity index (χ2v) is 35.3. The second-order valence-electron chi connectivity index (χ2n) is 35.3. The number of hydrogen-bond acceptors (Lipinski definition) is 48. The molecule has 0 bridgehead atoms. The first-order valence-electron chi connectivity index (χ1n) is 47.0. The van der Waals surface area contributed by atoms with Crippen molar-refractivity contribution < 1.29 is 227 Å². The Hall–Kier alpha value is -5.53. The van der Waals surface area contributed by atoms with E-state index in [2.05, 4.69) is 31.9 Å². The summed E-state index contributed by atoms with van der Waals surface area (Å²) in [6, 6.07) is -3.29. The number of likely N-dealkylation sites (N-methyl/N-ethyl adjacent to an activating group) is 1. The van der Waals surface area contributed by atoms with Gasteiger partial charge in [-0.05, 0) is 91.1 Å². The van der Waals surface area contributed by atoms with Crippen molar-refractivity contribution in [3.05, 3.63) is 0 Å². The normalized spacial score (nSPS) is 35.8. The second kappa shape index (κ2) is 61.0. The maximum atomic E-state index is 13.9. The van der Waals surface area contributed by atoms with Crippen molar-refractivity contribution >= 4 is 52.7 Å². The highest BCUT2D eigenvalue weighted by Gasteiger charge is 2.56. The van der Waals surface area contributed by atoms with Gasteiger partial charge in [0.2, 0.25) is 35.3 Å². The van der Waals surface area contributed by atoms with Crippen LogP contribution in [0.4, 0.5) is 0 Å². The van der Waals surface area contributed by atoms with E-state index in [1.165, 1.54) is 6.92 Å². The van der Waals surface area contributed by atoms with Gasteiger partial charge in [-0.1, -0.05) is 25.7 Å². The van der Waals surface area contributed by atoms with Crippen molar-refractivity contribution in [1.82, 2.24) is 31.9 Å². The molecule has 7 aliphatic rings. The predicted molar refractivity (Wildman–Crippen MR) is 459 cm³/mol. The number of Topliss-reactive ketones (excluding diaryl/α,β-unsaturated/α-hetero) is 4. The molecule has 0 unspecified atom stereocenters. The van der Waals surface area contributed by atoms with Gasteiger partial charge in [0.25, 0.3) is 0 Å². The monoisotopic (exact) mass is 2000 g/mol. The van der Waals surface area contributed by atoms with Gasteiger partial charge in [-0.15, -0.1) is 0 Å². The molecule has 0 aromatic carbocycles. The molecule has 0 saturated carbocycles. The van der Waals surface area contributed by atoms with Crippen molar-refractivity contribution in [2.24, 2.45) is 5.73 Å². The minimum atomic E-state index is -2.03. The Morgan fingerprint density at radius 2 is 0.652 bits per heavy atom. The first-order chi connectivity index (χ1) is 65.7. The standard InChI is InChI=1S/C85H147N7O46/c1-39-55(103)63(111)68(116)79(130-39)126-32-29-90-78(124)44(25-23-41(98)16-14-30-125-82-73(121)75(137-84-71(119)66(114)59(107)48(35-95)133-84)61(109)50(135-82)37-128-80-69(117)64(112)57(105)46(33-93)131-80)92-53(101)20-8-5-13-27-89-77(123)43(91-54(102)21-10-9-18-45(99)56(104)42(87-2)17-11-12-26-86)24-22-40(97)15-6-3-4-7-19-52(100)88-28-31-127-83-74(122)76(138-85-72(120)67(115)60(108)49(36-96)134-85)62(110)51(136-83)38-129-81-70(118)65(113)58(106)47(34-94)132-81/h39,42-44,46-51,55,57-76,79-85,87,93-96,103,105-122H,3-38,86H2,1-2H3,(H,88,100)(H,89,123)(H,90,124)(H,91,102)(H,92,101)/t39-,42-,43-,44-,46+,47+,48+,49+,50+,51+,55+,57+,58+,59+,60+,61+,62+,63+,64-,65-,66-,67-,68-,69-,70-,71-,72-,73-,74-,75-,76-,79+,80-,81-,82-,83-,84+,85+/m0/s1. The molecule has 7 fully saturated rings. The van der Waals surface area contributed by atoms with Gasteiger partial charge in [-0.3, -0.25) is 43.2 Å². The zero-order valence-corrected chi connectivity index (χ0v) is 77.1. The van der Waals surface area contributed by atoms with E-state index in [0.29, 0.717) is 57.9 Å². The largest absolute Gasteiger partial charge is 0.394 e. The lowest BCUT2D eigenvalue weighted by Crippen LogP contribution is -2.65. The number of amides is 5. The summed E-state index contributed by atoms with van der Waals surface area (Å²) in [5.74, 6) is -5.02. The Morgan fingerprint density at radius 1 is 0.304 bits per heavy atom. The SMILES string of the molecule is CN[C@@H](CCCCN)C(=O)C(=O)CCCCC(=O)N[C@@H](CCC(=O)CCCCCCC(=O)NCCO[C@H]1O[C@H](CO[C@H]2O[C@H](CO)[C@@H](O)[C@H](O)[C@@H]2O)[C@@H](O)[C@H](O[C@H]2O[C@H](CO)[C@@H](O)[C@H](O)[C@@H]2O)[C@@H]1O)C(=O)NCCCCCC(=O)N[C@@H](CCC(=O)CCCO[C@H]1O[C@H](CO[C@H]2O[C@H](CO)[C@@H](O)[C@H](O)[C@@H]2O)[C@@H](O)[C@H](O[C@H]2O[C@H](CO)[C@@H](O)[C@H](O)[C@@H]2O)[C@@H]1O)C(=O)NCCO[C@@H]1O[C@@H](C)[C@@H](O)[C@@H](O)[C@@H]1O. The van der Waals surface area contributed by atoms with Crippen molar-refractivity contribution in [2.75, 3.05) is 92.7 Å². The Balaban J connectivity index is 0.886. The maximum Gasteiger partial charge on any atom is 0.242 e. The van der Waals surface area contributed by atoms with Crippen LogP contribution < -0.4 is 37.6 Å². The van der Waals surface area contributed by atoms with Crippen LogP contribution in [0.1, 0.15) is 155 Å². The van der Waals surface area contributed by atoms with Gasteiger partial charge >= 0.3 is 0 Å². The van der Waals surface area contributed by atoms with Gasteiger partial charge < -0.3 is 221 Å². The van der Waals surface area contributed by atoms with Gasteiger partial charge in [0, 0.05) is 71.0 Å². The maximum absolute atomic E-state index is 13.9. The molecule has 7 heterocycles. The lowest BCUT2D eigenvalue weighted by molar-refractivity contribution is -0.366. The number of hydrogen-bond donors (Lipinski definition) is 30. The molecule has 7 saturated heterocycles. The van der Waals surface area contributed by atoms with E-state index >= 15 is 0 Å². The van der Waals surface area contributed by atoms with Gasteiger partial charge in [0.05, 0.1) is 71.6 Å². The first kappa shape index (κ1) is 119. The molecular formula is C85H147N7O46. The third kappa shape index (κ3) is 35.7. The summed E-state index contributed by atoms with van der Waals surface area (Å²) in [5, 5.41) is 257. The topological polar surface area (TPSA) is 846 Å². The first-order valence-corrected chi connectivity index (χ1v) is 47.0. The number of nitrogens with two attached hydrogens (primary N) is 1. The molecule has 0 aromatic heterocycles. The molecule has 31 N–H and O–H groups in total. The molecule has 7 rings (SSSR count). The van der Waals surface area contributed by atoms with Crippen molar-refractivity contribution in [2.45, 2.75) is 388 Å². The van der Waals surface area contributed by atoms with Crippen LogP contribution >= 0.6 is 0 Å². The Kier molecular flexibility index (Phi) is 52.8. The molecule has 0 radical (unpaired) electrons. The molecular weight excluding hydrogens is 1850 g/mol. The van der Waals surface area contributed by atoms with Crippen LogP contribution in [-0.4, -0.2) is 496 Å². The fourth-order valence-electron chi connectivity index (χ4n) is 16.3. The summed E-state index contributed by atoms with van der Waals surface area (Å²) in [5.41, 5.74) is 5.59. The van der Waals surface area contributed by atoms with E-state index in [1.54, 1.807) is 7.05 Å². The lowest BCUT2D eigenvalue weighted by Gasteiger charge is -2.46. The zero-order valence-electron chi connectivity index (χ0n) is 77.1. The Labute approximate surface area is 794 Å². The van der Waals surface area contributed by atoms with Crippen LogP contribution in [-0.2, 0) is 109 Å². The Morgan fingerprint density at radius 3 is 1.09 bits per heavy atom. The van der Waals surface area contributed by atoms with Crippen LogP contribution in [0.25, 0.3) is 0 Å². The number of carbonyl (C=O) groups is 9. The van der Waals surface area contributed by atoms with E-state index in [0.717, 1.165) is 0 Å². The fourth-order valence-corrected chi connectivity index (χ4v) is 16.3. The quantitative estimate of drug-likeness (QED) is 0.0199. The average Bonchev–Trinajstić information content (AvgIpc) is 0.779. The minimum absolute atomic E-state index is 0.0191. The van der Waals surface area contributed by atoms with Crippen LogP contribution in [0.15, 0.2) is 0 Å². The molecule has 138 heavy (non-hydrogen) atoms. The van der Waals surface area contributed by atoms with Crippen molar-refractivity contribution in [3.8, 4) is 0 Å². The molecule has 53 nitrogen and oxygen atoms in total. The predicted octanol–water partition coefficient (Wildman–Crippen LogP) is -14.1. The summed E-state index contributed by atoms with van der Waals surface area (Å²) in [6.07, 6.45) is -57.9. The summed E-state index contributed by atoms with van der Waals surface area (Å²) >= 11 is 0. The number of aliphatic hydroxyl groups is 23. The van der Waals surface area contributed by atoms with Crippen LogP contribution in [0, 0.1) is 0 Å². The molecule has 7 aliphatic heterocycles. The van der Waals surface area contributed by atoms with Crippen LogP contribution in [0.3, 0.4) is 0 Å². The van der Waals surface area contributed by atoms with E-state index in [-0.39, 0.29) is 142 Å². The highest BCUT2D eigenvalue weighted by atomic mass is 16.8. The van der Waals surface area contributed by atoms with Gasteiger partial charge in [0.15, 0.2) is 49.8 Å². The molecule has 5 amide bonds. The third-order valence-electron chi connectivity index (χ3n) is 24.9. The van der Waals surface area contributed by atoms with Crippen molar-refractivity contribution in [1.29, 1.82) is 0 Å². The molecule has 0 aromatic rings. The van der Waals surface area contributed by atoms with Crippen molar-refractivity contribution in [3.63, 3.8) is 0 Å². The number of aliphatic hydroxyl groups excluding tert-OH is 23. The Bertz CT molecular complexity index is 3620. The number of unbranched alkanes of at least 4 members (excludes halogenated alkanes) is 7. The smallest absolute Gasteiger partial charge is 0.242 e. The van der Waals surface area contributed by atoms with Gasteiger partial charge in [0.1, 0.15) is 188 Å². The molecule has 798 valence electrons. The lowest BCUT2D eigenvalue weighted by atomic mass is 9.96.